The monoisotopic (exact) mass is 266 g/mol. The number of rotatable bonds is 5. The molecule has 0 aromatic heterocycles. The highest BCUT2D eigenvalue weighted by Gasteiger charge is 2.25. The molecule has 2 atom stereocenters. The second-order valence-corrected chi connectivity index (χ2v) is 6.67. The van der Waals surface area contributed by atoms with Crippen molar-refractivity contribution in [1.29, 1.82) is 0 Å². The summed E-state index contributed by atoms with van der Waals surface area (Å²) < 4.78 is 0. The minimum atomic E-state index is 0.269. The first-order chi connectivity index (χ1) is 9.16. The van der Waals surface area contributed by atoms with Crippen molar-refractivity contribution in [2.45, 2.75) is 64.8 Å². The first-order valence-electron chi connectivity index (χ1n) is 8.17. The fourth-order valence-electron chi connectivity index (χ4n) is 3.76. The minimum absolute atomic E-state index is 0.269. The molecular weight excluding hydrogens is 236 g/mol. The molecule has 1 saturated heterocycles. The zero-order chi connectivity index (χ0) is 13.7. The number of carbonyl (C=O) groups excluding carboxylic acids is 1. The number of nitrogens with one attached hydrogen (secondary N) is 2. The van der Waals surface area contributed by atoms with Gasteiger partial charge in [-0.25, -0.2) is 0 Å². The number of hydrogen-bond acceptors (Lipinski definition) is 2. The summed E-state index contributed by atoms with van der Waals surface area (Å²) in [5, 5.41) is 6.63. The Bertz CT molecular complexity index is 280. The second kappa shape index (κ2) is 7.28. The van der Waals surface area contributed by atoms with Crippen molar-refractivity contribution in [2.24, 2.45) is 17.8 Å². The van der Waals surface area contributed by atoms with E-state index in [0.29, 0.717) is 18.4 Å². The van der Waals surface area contributed by atoms with E-state index >= 15 is 0 Å². The summed E-state index contributed by atoms with van der Waals surface area (Å²) in [7, 11) is 0. The maximum atomic E-state index is 12.1. The van der Waals surface area contributed by atoms with Gasteiger partial charge in [0.1, 0.15) is 0 Å². The van der Waals surface area contributed by atoms with Crippen LogP contribution in [0.4, 0.5) is 0 Å². The highest BCUT2D eigenvalue weighted by Crippen LogP contribution is 2.28. The lowest BCUT2D eigenvalue weighted by molar-refractivity contribution is -0.123. The largest absolute Gasteiger partial charge is 0.353 e. The molecule has 2 rings (SSSR count). The Labute approximate surface area is 117 Å². The van der Waals surface area contributed by atoms with Crippen LogP contribution in [0.5, 0.6) is 0 Å². The van der Waals surface area contributed by atoms with Gasteiger partial charge in [0.25, 0.3) is 0 Å². The van der Waals surface area contributed by atoms with Crippen LogP contribution in [0.25, 0.3) is 0 Å². The molecule has 0 aromatic rings. The summed E-state index contributed by atoms with van der Waals surface area (Å²) in [5.74, 6) is 2.25. The molecule has 1 heterocycles. The van der Waals surface area contributed by atoms with Gasteiger partial charge in [-0.15, -0.1) is 0 Å². The van der Waals surface area contributed by atoms with Gasteiger partial charge in [0.05, 0.1) is 0 Å². The van der Waals surface area contributed by atoms with Gasteiger partial charge in [-0.3, -0.25) is 4.79 Å². The molecule has 1 amide bonds. The molecule has 1 aliphatic carbocycles. The maximum Gasteiger partial charge on any atom is 0.220 e. The van der Waals surface area contributed by atoms with Gasteiger partial charge in [-0.2, -0.15) is 0 Å². The van der Waals surface area contributed by atoms with Gasteiger partial charge in [0.2, 0.25) is 5.91 Å². The van der Waals surface area contributed by atoms with Crippen LogP contribution in [0.15, 0.2) is 0 Å². The van der Waals surface area contributed by atoms with E-state index in [2.05, 4.69) is 24.5 Å². The summed E-state index contributed by atoms with van der Waals surface area (Å²) in [6.45, 7) is 6.67. The number of amides is 1. The Morgan fingerprint density at radius 1 is 1.11 bits per heavy atom. The van der Waals surface area contributed by atoms with Crippen molar-refractivity contribution in [2.75, 3.05) is 13.1 Å². The Kier molecular flexibility index (Phi) is 5.68. The van der Waals surface area contributed by atoms with Crippen LogP contribution >= 0.6 is 0 Å². The van der Waals surface area contributed by atoms with Crippen LogP contribution in [0.3, 0.4) is 0 Å². The molecule has 3 heteroatoms. The average molecular weight is 266 g/mol. The van der Waals surface area contributed by atoms with Gasteiger partial charge in [-0.1, -0.05) is 19.8 Å². The summed E-state index contributed by atoms with van der Waals surface area (Å²) in [5.41, 5.74) is 0. The van der Waals surface area contributed by atoms with E-state index in [1.165, 1.54) is 38.5 Å². The van der Waals surface area contributed by atoms with E-state index in [1.54, 1.807) is 0 Å². The summed E-state index contributed by atoms with van der Waals surface area (Å²) in [4.78, 5) is 12.1. The summed E-state index contributed by atoms with van der Waals surface area (Å²) in [6, 6.07) is 0.371. The Balaban J connectivity index is 1.70. The van der Waals surface area contributed by atoms with Gasteiger partial charge in [0, 0.05) is 12.5 Å². The van der Waals surface area contributed by atoms with Crippen LogP contribution in [-0.4, -0.2) is 25.0 Å². The quantitative estimate of drug-likeness (QED) is 0.803. The van der Waals surface area contributed by atoms with E-state index in [4.69, 9.17) is 0 Å². The standard InChI is InChI=1S/C16H30N2O/c1-12(14-7-9-17-10-8-14)11-16(19)18-13(2)15-5-3-4-6-15/h12-15,17H,3-11H2,1-2H3,(H,18,19). The molecule has 0 aromatic carbocycles. The molecule has 19 heavy (non-hydrogen) atoms. The number of hydrogen-bond donors (Lipinski definition) is 2. The fraction of sp³-hybridized carbons (Fsp3) is 0.938. The predicted molar refractivity (Wildman–Crippen MR) is 78.9 cm³/mol. The minimum Gasteiger partial charge on any atom is -0.353 e. The highest BCUT2D eigenvalue weighted by molar-refractivity contribution is 5.76. The van der Waals surface area contributed by atoms with Crippen LogP contribution in [0, 0.1) is 17.8 Å². The molecule has 2 aliphatic rings. The molecule has 2 N–H and O–H groups in total. The molecule has 2 unspecified atom stereocenters. The van der Waals surface area contributed by atoms with Gasteiger partial charge >= 0.3 is 0 Å². The zero-order valence-corrected chi connectivity index (χ0v) is 12.6. The predicted octanol–water partition coefficient (Wildman–Crippen LogP) is 2.71. The van der Waals surface area contributed by atoms with Crippen molar-refractivity contribution in [3.8, 4) is 0 Å². The molecule has 1 aliphatic heterocycles. The number of carbonyl (C=O) groups is 1. The second-order valence-electron chi connectivity index (χ2n) is 6.67. The van der Waals surface area contributed by atoms with Gasteiger partial charge in [-0.05, 0) is 63.5 Å². The topological polar surface area (TPSA) is 41.1 Å². The van der Waals surface area contributed by atoms with E-state index in [-0.39, 0.29) is 5.91 Å². The Hall–Kier alpha value is -0.570. The van der Waals surface area contributed by atoms with Crippen LogP contribution in [-0.2, 0) is 4.79 Å². The SMILES string of the molecule is CC(CC(=O)NC(C)C1CCCC1)C1CCNCC1. The highest BCUT2D eigenvalue weighted by atomic mass is 16.1. The first-order valence-corrected chi connectivity index (χ1v) is 8.17. The molecule has 0 spiro atoms. The van der Waals surface area contributed by atoms with Crippen molar-refractivity contribution in [1.82, 2.24) is 10.6 Å². The van der Waals surface area contributed by atoms with Crippen LogP contribution in [0.2, 0.25) is 0 Å². The molecule has 0 radical (unpaired) electrons. The first kappa shape index (κ1) is 14.8. The third-order valence-electron chi connectivity index (χ3n) is 5.19. The Morgan fingerprint density at radius 2 is 1.74 bits per heavy atom. The number of piperidine rings is 1. The summed E-state index contributed by atoms with van der Waals surface area (Å²) in [6.07, 6.45) is 8.45. The van der Waals surface area contributed by atoms with Crippen molar-refractivity contribution in [3.63, 3.8) is 0 Å². The van der Waals surface area contributed by atoms with Crippen LogP contribution < -0.4 is 10.6 Å². The van der Waals surface area contributed by atoms with E-state index in [0.717, 1.165) is 24.9 Å². The molecule has 110 valence electrons. The molecular formula is C16H30N2O. The molecule has 2 fully saturated rings. The van der Waals surface area contributed by atoms with Crippen molar-refractivity contribution < 1.29 is 4.79 Å². The lowest BCUT2D eigenvalue weighted by atomic mass is 9.84. The maximum absolute atomic E-state index is 12.1. The third kappa shape index (κ3) is 4.48. The van der Waals surface area contributed by atoms with E-state index < -0.39 is 0 Å². The van der Waals surface area contributed by atoms with Crippen LogP contribution in [0.1, 0.15) is 58.8 Å². The van der Waals surface area contributed by atoms with Gasteiger partial charge < -0.3 is 10.6 Å². The average Bonchev–Trinajstić information content (AvgIpc) is 2.93. The van der Waals surface area contributed by atoms with E-state index in [1.807, 2.05) is 0 Å². The van der Waals surface area contributed by atoms with Crippen molar-refractivity contribution >= 4 is 5.91 Å². The molecule has 0 bridgehead atoms. The lowest BCUT2D eigenvalue weighted by Gasteiger charge is -2.28. The molecule has 1 saturated carbocycles. The normalized spacial score (nSPS) is 25.2. The smallest absolute Gasteiger partial charge is 0.220 e. The fourth-order valence-corrected chi connectivity index (χ4v) is 3.76. The van der Waals surface area contributed by atoms with E-state index in [9.17, 15) is 4.79 Å². The zero-order valence-electron chi connectivity index (χ0n) is 12.6. The van der Waals surface area contributed by atoms with Gasteiger partial charge in [0.15, 0.2) is 0 Å². The lowest BCUT2D eigenvalue weighted by Crippen LogP contribution is -2.39. The molecule has 3 nitrogen and oxygen atoms in total. The van der Waals surface area contributed by atoms with Crippen molar-refractivity contribution in [3.05, 3.63) is 0 Å². The third-order valence-corrected chi connectivity index (χ3v) is 5.19. The Morgan fingerprint density at radius 3 is 2.37 bits per heavy atom. The summed E-state index contributed by atoms with van der Waals surface area (Å²) >= 11 is 0.